The van der Waals surface area contributed by atoms with Crippen molar-refractivity contribution in [2.75, 3.05) is 10.6 Å². The highest BCUT2D eigenvalue weighted by atomic mass is 35.5. The van der Waals surface area contributed by atoms with Gasteiger partial charge in [-0.25, -0.2) is 4.39 Å². The Morgan fingerprint density at radius 1 is 1.04 bits per heavy atom. The molecule has 6 heteroatoms. The van der Waals surface area contributed by atoms with Gasteiger partial charge in [-0.2, -0.15) is 0 Å². The molecule has 0 atom stereocenters. The molecule has 3 aromatic rings. The van der Waals surface area contributed by atoms with Crippen molar-refractivity contribution in [2.45, 2.75) is 6.92 Å². The van der Waals surface area contributed by atoms with Crippen LogP contribution in [-0.4, -0.2) is 10.9 Å². The van der Waals surface area contributed by atoms with Crippen LogP contribution in [0.25, 0.3) is 0 Å². The topological polar surface area (TPSA) is 54.0 Å². The summed E-state index contributed by atoms with van der Waals surface area (Å²) in [7, 11) is 0. The SMILES string of the molecule is Cc1ccc(Nc2cncc(C(=O)Nc3cccc(F)c3)c2)cc1Cl. The molecule has 0 fully saturated rings. The monoisotopic (exact) mass is 355 g/mol. The summed E-state index contributed by atoms with van der Waals surface area (Å²) in [6.45, 7) is 1.92. The van der Waals surface area contributed by atoms with Gasteiger partial charge in [0.25, 0.3) is 5.91 Å². The Bertz CT molecular complexity index is 930. The summed E-state index contributed by atoms with van der Waals surface area (Å²) in [6, 6.07) is 13.0. The van der Waals surface area contributed by atoms with E-state index in [0.29, 0.717) is 22.0 Å². The minimum atomic E-state index is -0.414. The van der Waals surface area contributed by atoms with Crippen molar-refractivity contribution < 1.29 is 9.18 Å². The zero-order valence-corrected chi connectivity index (χ0v) is 14.1. The number of nitrogens with one attached hydrogen (secondary N) is 2. The summed E-state index contributed by atoms with van der Waals surface area (Å²) in [5, 5.41) is 6.44. The third-order valence-electron chi connectivity index (χ3n) is 3.54. The van der Waals surface area contributed by atoms with Gasteiger partial charge in [0.1, 0.15) is 5.82 Å². The molecule has 0 unspecified atom stereocenters. The molecule has 0 saturated carbocycles. The fraction of sp³-hybridized carbons (Fsp3) is 0.0526. The molecule has 126 valence electrons. The van der Waals surface area contributed by atoms with E-state index in [4.69, 9.17) is 11.6 Å². The number of hydrogen-bond donors (Lipinski definition) is 2. The lowest BCUT2D eigenvalue weighted by molar-refractivity contribution is 0.102. The van der Waals surface area contributed by atoms with E-state index in [1.54, 1.807) is 24.4 Å². The number of carbonyl (C=O) groups excluding carboxylic acids is 1. The quantitative estimate of drug-likeness (QED) is 0.678. The number of aryl methyl sites for hydroxylation is 1. The van der Waals surface area contributed by atoms with Gasteiger partial charge in [0.2, 0.25) is 0 Å². The molecule has 0 saturated heterocycles. The molecule has 2 N–H and O–H groups in total. The summed E-state index contributed by atoms with van der Waals surface area (Å²) in [5.41, 5.74) is 3.15. The first kappa shape index (κ1) is 16.9. The molecule has 1 aromatic heterocycles. The van der Waals surface area contributed by atoms with Crippen molar-refractivity contribution in [2.24, 2.45) is 0 Å². The van der Waals surface area contributed by atoms with Gasteiger partial charge in [0, 0.05) is 22.6 Å². The maximum absolute atomic E-state index is 13.2. The lowest BCUT2D eigenvalue weighted by Gasteiger charge is -2.10. The summed E-state index contributed by atoms with van der Waals surface area (Å²) >= 11 is 6.11. The van der Waals surface area contributed by atoms with Crippen LogP contribution in [0, 0.1) is 12.7 Å². The Hall–Kier alpha value is -2.92. The van der Waals surface area contributed by atoms with Gasteiger partial charge in [0.05, 0.1) is 17.4 Å². The maximum atomic E-state index is 13.2. The van der Waals surface area contributed by atoms with Gasteiger partial charge in [-0.15, -0.1) is 0 Å². The van der Waals surface area contributed by atoms with Gasteiger partial charge in [-0.3, -0.25) is 9.78 Å². The second-order valence-electron chi connectivity index (χ2n) is 5.52. The highest BCUT2D eigenvalue weighted by molar-refractivity contribution is 6.31. The molecular formula is C19H15ClFN3O. The van der Waals surface area contributed by atoms with Crippen LogP contribution < -0.4 is 10.6 Å². The number of hydrogen-bond acceptors (Lipinski definition) is 3. The molecule has 1 amide bonds. The second kappa shape index (κ2) is 7.32. The van der Waals surface area contributed by atoms with Crippen molar-refractivity contribution >= 4 is 34.6 Å². The molecule has 0 spiro atoms. The van der Waals surface area contributed by atoms with Crippen molar-refractivity contribution in [1.29, 1.82) is 0 Å². The predicted molar refractivity (Wildman–Crippen MR) is 98.1 cm³/mol. The first-order valence-electron chi connectivity index (χ1n) is 7.56. The molecule has 0 bridgehead atoms. The summed E-state index contributed by atoms with van der Waals surface area (Å²) in [4.78, 5) is 16.4. The Kier molecular flexibility index (Phi) is 4.95. The van der Waals surface area contributed by atoms with E-state index < -0.39 is 5.82 Å². The van der Waals surface area contributed by atoms with E-state index in [-0.39, 0.29) is 5.91 Å². The van der Waals surface area contributed by atoms with Crippen LogP contribution >= 0.6 is 11.6 Å². The van der Waals surface area contributed by atoms with Crippen molar-refractivity contribution in [3.05, 3.63) is 82.9 Å². The lowest BCUT2D eigenvalue weighted by Crippen LogP contribution is -2.12. The number of halogens is 2. The lowest BCUT2D eigenvalue weighted by atomic mass is 10.2. The molecule has 0 aliphatic heterocycles. The first-order valence-corrected chi connectivity index (χ1v) is 7.94. The number of anilines is 3. The van der Waals surface area contributed by atoms with Crippen molar-refractivity contribution in [3.8, 4) is 0 Å². The minimum absolute atomic E-state index is 0.354. The first-order chi connectivity index (χ1) is 12.0. The van der Waals surface area contributed by atoms with Crippen LogP contribution in [0.4, 0.5) is 21.5 Å². The summed E-state index contributed by atoms with van der Waals surface area (Å²) in [5.74, 6) is -0.786. The summed E-state index contributed by atoms with van der Waals surface area (Å²) < 4.78 is 13.2. The number of nitrogens with zero attached hydrogens (tertiary/aromatic N) is 1. The van der Waals surface area contributed by atoms with Crippen LogP contribution in [-0.2, 0) is 0 Å². The van der Waals surface area contributed by atoms with Gasteiger partial charge >= 0.3 is 0 Å². The van der Waals surface area contributed by atoms with Crippen LogP contribution in [0.3, 0.4) is 0 Å². The highest BCUT2D eigenvalue weighted by Gasteiger charge is 2.08. The van der Waals surface area contributed by atoms with E-state index >= 15 is 0 Å². The maximum Gasteiger partial charge on any atom is 0.257 e. The number of benzene rings is 2. The van der Waals surface area contributed by atoms with Gasteiger partial charge in [-0.1, -0.05) is 23.7 Å². The van der Waals surface area contributed by atoms with Gasteiger partial charge < -0.3 is 10.6 Å². The molecule has 2 aromatic carbocycles. The third kappa shape index (κ3) is 4.33. The molecule has 3 rings (SSSR count). The average Bonchev–Trinajstić information content (AvgIpc) is 2.58. The predicted octanol–water partition coefficient (Wildman–Crippen LogP) is 5.18. The Morgan fingerprint density at radius 2 is 1.88 bits per heavy atom. The number of aromatic nitrogens is 1. The van der Waals surface area contributed by atoms with Gasteiger partial charge in [-0.05, 0) is 48.9 Å². The van der Waals surface area contributed by atoms with Crippen LogP contribution in [0.15, 0.2) is 60.9 Å². The fourth-order valence-corrected chi connectivity index (χ4v) is 2.42. The van der Waals surface area contributed by atoms with Crippen molar-refractivity contribution in [1.82, 2.24) is 4.98 Å². The van der Waals surface area contributed by atoms with E-state index in [1.165, 1.54) is 24.4 Å². The normalized spacial score (nSPS) is 10.4. The van der Waals surface area contributed by atoms with Crippen LogP contribution in [0.5, 0.6) is 0 Å². The van der Waals surface area contributed by atoms with Gasteiger partial charge in [0.15, 0.2) is 0 Å². The third-order valence-corrected chi connectivity index (χ3v) is 3.95. The van der Waals surface area contributed by atoms with E-state index in [2.05, 4.69) is 15.6 Å². The fourth-order valence-electron chi connectivity index (χ4n) is 2.24. The Labute approximate surface area is 149 Å². The highest BCUT2D eigenvalue weighted by Crippen LogP contribution is 2.23. The molecular weight excluding hydrogens is 341 g/mol. The second-order valence-corrected chi connectivity index (χ2v) is 5.92. The number of amides is 1. The standard InChI is InChI=1S/C19H15ClFN3O/c1-12-5-6-16(9-18(12)20)23-17-7-13(10-22-11-17)19(25)24-15-4-2-3-14(21)8-15/h2-11,23H,1H3,(H,24,25). The minimum Gasteiger partial charge on any atom is -0.354 e. The van der Waals surface area contributed by atoms with E-state index in [1.807, 2.05) is 19.1 Å². The molecule has 1 heterocycles. The molecule has 0 radical (unpaired) electrons. The molecule has 25 heavy (non-hydrogen) atoms. The Morgan fingerprint density at radius 3 is 2.64 bits per heavy atom. The van der Waals surface area contributed by atoms with Crippen molar-refractivity contribution in [3.63, 3.8) is 0 Å². The number of rotatable bonds is 4. The smallest absolute Gasteiger partial charge is 0.257 e. The largest absolute Gasteiger partial charge is 0.354 e. The van der Waals surface area contributed by atoms with Crippen LogP contribution in [0.2, 0.25) is 5.02 Å². The van der Waals surface area contributed by atoms with E-state index in [0.717, 1.165) is 11.3 Å². The zero-order valence-electron chi connectivity index (χ0n) is 13.4. The van der Waals surface area contributed by atoms with Crippen LogP contribution in [0.1, 0.15) is 15.9 Å². The molecule has 0 aliphatic rings. The van der Waals surface area contributed by atoms with E-state index in [9.17, 15) is 9.18 Å². The molecule has 4 nitrogen and oxygen atoms in total. The number of carbonyl (C=O) groups is 1. The number of pyridine rings is 1. The molecule has 0 aliphatic carbocycles. The average molecular weight is 356 g/mol. The summed E-state index contributed by atoms with van der Waals surface area (Å²) in [6.07, 6.45) is 3.05. The Balaban J connectivity index is 1.76. The zero-order chi connectivity index (χ0) is 17.8.